The molecule has 16 heavy (non-hydrogen) atoms. The molecule has 0 aliphatic carbocycles. The first-order valence-electron chi connectivity index (χ1n) is 5.01. The predicted molar refractivity (Wildman–Crippen MR) is 65.8 cm³/mol. The van der Waals surface area contributed by atoms with Crippen LogP contribution in [0.4, 0.5) is 0 Å². The molecule has 2 N–H and O–H groups in total. The highest BCUT2D eigenvalue weighted by molar-refractivity contribution is 7.92. The fraction of sp³-hybridized carbons (Fsp3) is 1.00. The highest BCUT2D eigenvalue weighted by Gasteiger charge is 2.36. The van der Waals surface area contributed by atoms with E-state index >= 15 is 0 Å². The molecule has 0 spiro atoms. The minimum atomic E-state index is -3.24. The van der Waals surface area contributed by atoms with Gasteiger partial charge in [0.05, 0.1) is 4.75 Å². The predicted octanol–water partition coefficient (Wildman–Crippen LogP) is -0.0383. The molecule has 0 rings (SSSR count). The molecule has 0 radical (unpaired) electrons. The van der Waals surface area contributed by atoms with Gasteiger partial charge in [-0.15, -0.1) is 0 Å². The number of sulfone groups is 2. The van der Waals surface area contributed by atoms with Crippen LogP contribution in [0.1, 0.15) is 26.7 Å². The Hall–Kier alpha value is -0.140. The van der Waals surface area contributed by atoms with Crippen LogP contribution in [0.2, 0.25) is 0 Å². The Labute approximate surface area is 98.2 Å². The van der Waals surface area contributed by atoms with Crippen LogP contribution in [0.15, 0.2) is 0 Å². The summed E-state index contributed by atoms with van der Waals surface area (Å²) in [6.45, 7) is 3.13. The summed E-state index contributed by atoms with van der Waals surface area (Å²) in [5, 5.41) is 0. The van der Waals surface area contributed by atoms with Crippen molar-refractivity contribution in [2.45, 2.75) is 37.5 Å². The average molecular weight is 271 g/mol. The highest BCUT2D eigenvalue weighted by atomic mass is 32.2. The Kier molecular flexibility index (Phi) is 4.97. The third kappa shape index (κ3) is 4.80. The van der Waals surface area contributed by atoms with Crippen LogP contribution in [-0.2, 0) is 19.7 Å². The molecule has 1 atom stereocenters. The third-order valence-corrected chi connectivity index (χ3v) is 6.12. The number of hydrogen-bond donors (Lipinski definition) is 1. The van der Waals surface area contributed by atoms with E-state index < -0.39 is 30.5 Å². The fourth-order valence-electron chi connectivity index (χ4n) is 1.19. The van der Waals surface area contributed by atoms with Crippen molar-refractivity contribution in [1.82, 2.24) is 0 Å². The maximum atomic E-state index is 11.5. The van der Waals surface area contributed by atoms with Crippen molar-refractivity contribution in [1.29, 1.82) is 0 Å². The van der Waals surface area contributed by atoms with Gasteiger partial charge in [0.2, 0.25) is 0 Å². The Bertz CT molecular complexity index is 422. The summed E-state index contributed by atoms with van der Waals surface area (Å²) in [7, 11) is -6.25. The number of rotatable bonds is 6. The summed E-state index contributed by atoms with van der Waals surface area (Å²) in [6, 6.07) is -0.552. The highest BCUT2D eigenvalue weighted by Crippen LogP contribution is 2.21. The average Bonchev–Trinajstić information content (AvgIpc) is 1.99. The van der Waals surface area contributed by atoms with E-state index in [1.165, 1.54) is 0 Å². The zero-order valence-corrected chi connectivity index (χ0v) is 11.9. The SMILES string of the molecule is CC(C)(C(N)CCCS(C)(=O)=O)S(C)(=O)=O. The van der Waals surface area contributed by atoms with Crippen molar-refractivity contribution in [2.75, 3.05) is 18.3 Å². The molecule has 0 aromatic carbocycles. The maximum Gasteiger partial charge on any atom is 0.154 e. The van der Waals surface area contributed by atoms with Crippen LogP contribution in [0.5, 0.6) is 0 Å². The van der Waals surface area contributed by atoms with Crippen molar-refractivity contribution in [2.24, 2.45) is 5.73 Å². The Morgan fingerprint density at radius 2 is 1.56 bits per heavy atom. The standard InChI is InChI=1S/C9H21NO4S2/c1-9(2,16(4,13)14)8(10)6-5-7-15(3,11)12/h8H,5-7,10H2,1-4H3. The molecule has 0 aromatic heterocycles. The largest absolute Gasteiger partial charge is 0.326 e. The second-order valence-corrected chi connectivity index (χ2v) is 9.61. The lowest BCUT2D eigenvalue weighted by atomic mass is 10.00. The summed E-state index contributed by atoms with van der Waals surface area (Å²) in [4.78, 5) is 0. The number of hydrogen-bond acceptors (Lipinski definition) is 5. The summed E-state index contributed by atoms with van der Waals surface area (Å²) < 4.78 is 43.7. The lowest BCUT2D eigenvalue weighted by Crippen LogP contribution is -2.48. The van der Waals surface area contributed by atoms with Gasteiger partial charge in [-0.3, -0.25) is 0 Å². The van der Waals surface area contributed by atoms with Gasteiger partial charge in [0, 0.05) is 24.3 Å². The Morgan fingerprint density at radius 3 is 1.88 bits per heavy atom. The van der Waals surface area contributed by atoms with E-state index in [2.05, 4.69) is 0 Å². The second kappa shape index (κ2) is 5.01. The van der Waals surface area contributed by atoms with Crippen LogP contribution in [0, 0.1) is 0 Å². The zero-order chi connectivity index (χ0) is 13.2. The van der Waals surface area contributed by atoms with Crippen LogP contribution in [-0.4, -0.2) is 45.9 Å². The molecule has 0 heterocycles. The van der Waals surface area contributed by atoms with Gasteiger partial charge in [0.25, 0.3) is 0 Å². The van der Waals surface area contributed by atoms with Crippen molar-refractivity contribution < 1.29 is 16.8 Å². The Balaban J connectivity index is 4.44. The van der Waals surface area contributed by atoms with Crippen LogP contribution in [0.3, 0.4) is 0 Å². The maximum absolute atomic E-state index is 11.5. The first kappa shape index (κ1) is 15.9. The zero-order valence-electron chi connectivity index (χ0n) is 10.2. The molecule has 0 aliphatic heterocycles. The van der Waals surface area contributed by atoms with E-state index in [9.17, 15) is 16.8 Å². The minimum Gasteiger partial charge on any atom is -0.326 e. The van der Waals surface area contributed by atoms with Gasteiger partial charge in [0.1, 0.15) is 9.84 Å². The molecule has 1 unspecified atom stereocenters. The molecule has 0 saturated carbocycles. The molecule has 0 aliphatic rings. The molecular formula is C9H21NO4S2. The molecular weight excluding hydrogens is 250 g/mol. The molecule has 0 fully saturated rings. The van der Waals surface area contributed by atoms with Crippen LogP contribution < -0.4 is 5.73 Å². The van der Waals surface area contributed by atoms with Crippen LogP contribution in [0.25, 0.3) is 0 Å². The Morgan fingerprint density at radius 1 is 1.12 bits per heavy atom. The van der Waals surface area contributed by atoms with Gasteiger partial charge in [-0.1, -0.05) is 0 Å². The van der Waals surface area contributed by atoms with Gasteiger partial charge >= 0.3 is 0 Å². The third-order valence-electron chi connectivity index (χ3n) is 2.88. The van der Waals surface area contributed by atoms with E-state index in [4.69, 9.17) is 5.73 Å². The lowest BCUT2D eigenvalue weighted by molar-refractivity contribution is 0.459. The van der Waals surface area contributed by atoms with Crippen molar-refractivity contribution in [3.05, 3.63) is 0 Å². The topological polar surface area (TPSA) is 94.3 Å². The normalized spacial score (nSPS) is 16.1. The van der Waals surface area contributed by atoms with Gasteiger partial charge in [0.15, 0.2) is 9.84 Å². The van der Waals surface area contributed by atoms with Gasteiger partial charge in [-0.2, -0.15) is 0 Å². The molecule has 7 heteroatoms. The second-order valence-electron chi connectivity index (χ2n) is 4.75. The lowest BCUT2D eigenvalue weighted by Gasteiger charge is -2.29. The molecule has 0 aromatic rings. The van der Waals surface area contributed by atoms with E-state index in [0.29, 0.717) is 12.8 Å². The quantitative estimate of drug-likeness (QED) is 0.731. The van der Waals surface area contributed by atoms with E-state index in [0.717, 1.165) is 12.5 Å². The smallest absolute Gasteiger partial charge is 0.154 e. The van der Waals surface area contributed by atoms with E-state index in [1.807, 2.05) is 0 Å². The summed E-state index contributed by atoms with van der Waals surface area (Å²) in [5.74, 6) is 0.0422. The van der Waals surface area contributed by atoms with E-state index in [-0.39, 0.29) is 5.75 Å². The molecule has 98 valence electrons. The summed E-state index contributed by atoms with van der Waals surface area (Å²) >= 11 is 0. The van der Waals surface area contributed by atoms with Gasteiger partial charge in [-0.05, 0) is 26.7 Å². The van der Waals surface area contributed by atoms with Gasteiger partial charge < -0.3 is 5.73 Å². The molecule has 0 saturated heterocycles. The minimum absolute atomic E-state index is 0.0422. The van der Waals surface area contributed by atoms with Crippen LogP contribution >= 0.6 is 0 Å². The monoisotopic (exact) mass is 271 g/mol. The van der Waals surface area contributed by atoms with Gasteiger partial charge in [-0.25, -0.2) is 16.8 Å². The van der Waals surface area contributed by atoms with Crippen molar-refractivity contribution >= 4 is 19.7 Å². The van der Waals surface area contributed by atoms with Crippen molar-refractivity contribution in [3.8, 4) is 0 Å². The fourth-order valence-corrected chi connectivity index (χ4v) is 2.55. The first-order chi connectivity index (χ1) is 6.88. The molecule has 0 bridgehead atoms. The van der Waals surface area contributed by atoms with Crippen molar-refractivity contribution in [3.63, 3.8) is 0 Å². The molecule has 0 amide bonds. The van der Waals surface area contributed by atoms with E-state index in [1.54, 1.807) is 13.8 Å². The molecule has 5 nitrogen and oxygen atoms in total. The summed E-state index contributed by atoms with van der Waals surface area (Å²) in [6.07, 6.45) is 3.07. The first-order valence-corrected chi connectivity index (χ1v) is 8.96. The number of nitrogens with two attached hydrogens (primary N) is 1. The summed E-state index contributed by atoms with van der Waals surface area (Å²) in [5.41, 5.74) is 5.79.